The van der Waals surface area contributed by atoms with Crippen LogP contribution in [0.3, 0.4) is 0 Å². The summed E-state index contributed by atoms with van der Waals surface area (Å²) in [6.45, 7) is 2.32. The van der Waals surface area contributed by atoms with E-state index < -0.39 is 0 Å². The van der Waals surface area contributed by atoms with Crippen molar-refractivity contribution in [1.29, 1.82) is 0 Å². The Morgan fingerprint density at radius 1 is 1.15 bits per heavy atom. The molecule has 26 heavy (non-hydrogen) atoms. The van der Waals surface area contributed by atoms with E-state index in [0.717, 1.165) is 36.5 Å². The third kappa shape index (κ3) is 3.13. The number of benzene rings is 1. The fourth-order valence-electron chi connectivity index (χ4n) is 4.08. The average Bonchev–Trinajstić information content (AvgIpc) is 3.31. The molecule has 0 unspecified atom stereocenters. The van der Waals surface area contributed by atoms with Crippen molar-refractivity contribution in [1.82, 2.24) is 15.0 Å². The van der Waals surface area contributed by atoms with Crippen molar-refractivity contribution in [3.8, 4) is 0 Å². The lowest BCUT2D eigenvalue weighted by Gasteiger charge is -2.15. The van der Waals surface area contributed by atoms with Crippen molar-refractivity contribution in [2.75, 3.05) is 13.1 Å². The molecule has 1 aromatic carbocycles. The van der Waals surface area contributed by atoms with Gasteiger partial charge in [0.15, 0.2) is 0 Å². The van der Waals surface area contributed by atoms with Crippen molar-refractivity contribution >= 4 is 10.9 Å². The SMILES string of the molecule is O[C@H]1CN(Cc2cc(C3CC3)on2)C[C@H]1Cc1ccnc2ccccc12. The van der Waals surface area contributed by atoms with Crippen LogP contribution in [0.1, 0.15) is 35.8 Å². The molecule has 0 radical (unpaired) electrons. The zero-order valence-electron chi connectivity index (χ0n) is 14.7. The Morgan fingerprint density at radius 2 is 2.04 bits per heavy atom. The lowest BCUT2D eigenvalue weighted by molar-refractivity contribution is 0.141. The molecule has 1 saturated heterocycles. The highest BCUT2D eigenvalue weighted by Crippen LogP contribution is 2.40. The van der Waals surface area contributed by atoms with E-state index in [2.05, 4.69) is 33.2 Å². The number of rotatable bonds is 5. The molecule has 0 spiro atoms. The summed E-state index contributed by atoms with van der Waals surface area (Å²) in [5.74, 6) is 1.85. The number of fused-ring (bicyclic) bond motifs is 1. The summed E-state index contributed by atoms with van der Waals surface area (Å²) >= 11 is 0. The first-order valence-electron chi connectivity index (χ1n) is 9.45. The van der Waals surface area contributed by atoms with Crippen LogP contribution in [-0.2, 0) is 13.0 Å². The van der Waals surface area contributed by atoms with Gasteiger partial charge in [-0.25, -0.2) is 0 Å². The van der Waals surface area contributed by atoms with Crippen molar-refractivity contribution in [2.24, 2.45) is 5.92 Å². The molecule has 1 aliphatic heterocycles. The number of aliphatic hydroxyl groups is 1. The lowest BCUT2D eigenvalue weighted by Crippen LogP contribution is -2.21. The first-order valence-corrected chi connectivity index (χ1v) is 9.45. The van der Waals surface area contributed by atoms with E-state index in [1.807, 2.05) is 24.4 Å². The van der Waals surface area contributed by atoms with Gasteiger partial charge in [-0.05, 0) is 37.0 Å². The van der Waals surface area contributed by atoms with E-state index in [1.165, 1.54) is 23.8 Å². The van der Waals surface area contributed by atoms with Gasteiger partial charge in [0.25, 0.3) is 0 Å². The van der Waals surface area contributed by atoms with Crippen LogP contribution in [0.4, 0.5) is 0 Å². The maximum absolute atomic E-state index is 10.6. The highest BCUT2D eigenvalue weighted by atomic mass is 16.5. The predicted molar refractivity (Wildman–Crippen MR) is 98.7 cm³/mol. The van der Waals surface area contributed by atoms with Gasteiger partial charge < -0.3 is 9.63 Å². The van der Waals surface area contributed by atoms with Gasteiger partial charge in [-0.15, -0.1) is 0 Å². The third-order valence-electron chi connectivity index (χ3n) is 5.65. The summed E-state index contributed by atoms with van der Waals surface area (Å²) < 4.78 is 5.45. The van der Waals surface area contributed by atoms with Gasteiger partial charge >= 0.3 is 0 Å². The summed E-state index contributed by atoms with van der Waals surface area (Å²) in [4.78, 5) is 6.72. The molecule has 3 heterocycles. The molecule has 1 saturated carbocycles. The Kier molecular flexibility index (Phi) is 3.98. The van der Waals surface area contributed by atoms with Gasteiger partial charge in [0.05, 0.1) is 17.3 Å². The van der Waals surface area contributed by atoms with Crippen LogP contribution in [0, 0.1) is 5.92 Å². The molecule has 1 N–H and O–H groups in total. The first-order chi connectivity index (χ1) is 12.8. The number of hydrogen-bond donors (Lipinski definition) is 1. The fourth-order valence-corrected chi connectivity index (χ4v) is 4.08. The molecule has 2 atom stereocenters. The summed E-state index contributed by atoms with van der Waals surface area (Å²) in [7, 11) is 0. The zero-order chi connectivity index (χ0) is 17.5. The third-order valence-corrected chi connectivity index (χ3v) is 5.65. The van der Waals surface area contributed by atoms with E-state index in [-0.39, 0.29) is 12.0 Å². The van der Waals surface area contributed by atoms with Crippen LogP contribution in [-0.4, -0.2) is 39.3 Å². The molecule has 1 aliphatic carbocycles. The van der Waals surface area contributed by atoms with E-state index in [0.29, 0.717) is 12.5 Å². The van der Waals surface area contributed by atoms with E-state index in [4.69, 9.17) is 4.52 Å². The second kappa shape index (κ2) is 6.49. The van der Waals surface area contributed by atoms with Gasteiger partial charge in [-0.2, -0.15) is 0 Å². The fraction of sp³-hybridized carbons (Fsp3) is 0.429. The molecule has 5 rings (SSSR count). The molecule has 5 nitrogen and oxygen atoms in total. The number of hydrogen-bond acceptors (Lipinski definition) is 5. The molecular formula is C21H23N3O2. The summed E-state index contributed by atoms with van der Waals surface area (Å²) in [5.41, 5.74) is 3.26. The predicted octanol–water partition coefficient (Wildman–Crippen LogP) is 3.14. The highest BCUT2D eigenvalue weighted by molar-refractivity contribution is 5.81. The number of aromatic nitrogens is 2. The summed E-state index contributed by atoms with van der Waals surface area (Å²) in [6, 6.07) is 12.4. The molecule has 2 fully saturated rings. The molecule has 5 heteroatoms. The largest absolute Gasteiger partial charge is 0.391 e. The summed E-state index contributed by atoms with van der Waals surface area (Å²) in [5, 5.41) is 16.0. The number of pyridine rings is 1. The van der Waals surface area contributed by atoms with Crippen molar-refractivity contribution in [3.63, 3.8) is 0 Å². The van der Waals surface area contributed by atoms with Crippen molar-refractivity contribution < 1.29 is 9.63 Å². The molecule has 2 aliphatic rings. The Labute approximate surface area is 152 Å². The minimum absolute atomic E-state index is 0.232. The van der Waals surface area contributed by atoms with Gasteiger partial charge in [0.1, 0.15) is 5.76 Å². The molecule has 2 aromatic heterocycles. The standard InChI is InChI=1S/C21H23N3O2/c25-20-13-24(12-17-10-21(26-23-17)14-5-6-14)11-16(20)9-15-7-8-22-19-4-2-1-3-18(15)19/h1-4,7-8,10,14,16,20,25H,5-6,9,11-13H2/t16-,20+/m1/s1. The zero-order valence-corrected chi connectivity index (χ0v) is 14.7. The van der Waals surface area contributed by atoms with Gasteiger partial charge in [0.2, 0.25) is 0 Å². The van der Waals surface area contributed by atoms with E-state index in [9.17, 15) is 5.11 Å². The Bertz CT molecular complexity index is 913. The molecule has 0 amide bonds. The smallest absolute Gasteiger partial charge is 0.140 e. The van der Waals surface area contributed by atoms with E-state index >= 15 is 0 Å². The van der Waals surface area contributed by atoms with Crippen LogP contribution < -0.4 is 0 Å². The lowest BCUT2D eigenvalue weighted by atomic mass is 9.94. The van der Waals surface area contributed by atoms with Crippen LogP contribution in [0.25, 0.3) is 10.9 Å². The van der Waals surface area contributed by atoms with Crippen LogP contribution in [0.15, 0.2) is 47.1 Å². The monoisotopic (exact) mass is 349 g/mol. The average molecular weight is 349 g/mol. The van der Waals surface area contributed by atoms with Crippen molar-refractivity contribution in [2.45, 2.75) is 37.8 Å². The molecule has 134 valence electrons. The molecule has 3 aromatic rings. The minimum atomic E-state index is -0.309. The highest BCUT2D eigenvalue weighted by Gasteiger charge is 2.33. The van der Waals surface area contributed by atoms with Gasteiger partial charge in [-0.1, -0.05) is 23.4 Å². The molecular weight excluding hydrogens is 326 g/mol. The first kappa shape index (κ1) is 16.0. The minimum Gasteiger partial charge on any atom is -0.391 e. The number of para-hydroxylation sites is 1. The number of nitrogens with zero attached hydrogens (tertiary/aromatic N) is 3. The second-order valence-electron chi connectivity index (χ2n) is 7.71. The van der Waals surface area contributed by atoms with Crippen LogP contribution in [0.2, 0.25) is 0 Å². The quantitative estimate of drug-likeness (QED) is 0.767. The maximum atomic E-state index is 10.6. The van der Waals surface area contributed by atoms with Crippen LogP contribution >= 0.6 is 0 Å². The van der Waals surface area contributed by atoms with Crippen LogP contribution in [0.5, 0.6) is 0 Å². The number of aliphatic hydroxyl groups excluding tert-OH is 1. The normalized spacial score (nSPS) is 23.7. The maximum Gasteiger partial charge on any atom is 0.140 e. The van der Waals surface area contributed by atoms with E-state index in [1.54, 1.807) is 0 Å². The summed E-state index contributed by atoms with van der Waals surface area (Å²) in [6.07, 6.45) is 4.87. The number of β-amino-alcohol motifs (C(OH)–C–C–N with tert-alkyl or cyclic N) is 1. The second-order valence-corrected chi connectivity index (χ2v) is 7.71. The van der Waals surface area contributed by atoms with Gasteiger partial charge in [-0.3, -0.25) is 9.88 Å². The Balaban J connectivity index is 1.28. The molecule has 0 bridgehead atoms. The number of likely N-dealkylation sites (tertiary alicyclic amines) is 1. The Hall–Kier alpha value is -2.24. The Morgan fingerprint density at radius 3 is 2.92 bits per heavy atom. The topological polar surface area (TPSA) is 62.4 Å². The van der Waals surface area contributed by atoms with Crippen molar-refractivity contribution in [3.05, 3.63) is 59.6 Å². The van der Waals surface area contributed by atoms with Gasteiger partial charge in [0, 0.05) is 49.1 Å².